The summed E-state index contributed by atoms with van der Waals surface area (Å²) in [5.41, 5.74) is 3.67. The maximum Gasteiger partial charge on any atom is 0.497 e. The number of fused-ring (bicyclic) bond motifs is 1. The molecule has 2 aromatic carbocycles. The molecular formula is C20H22BNO2. The Morgan fingerprint density at radius 1 is 0.792 bits per heavy atom. The molecule has 3 nitrogen and oxygen atoms in total. The highest BCUT2D eigenvalue weighted by Crippen LogP contribution is 2.38. The molecule has 1 aliphatic heterocycles. The summed E-state index contributed by atoms with van der Waals surface area (Å²) < 4.78 is 12.7. The third-order valence-electron chi connectivity index (χ3n) is 5.30. The van der Waals surface area contributed by atoms with Gasteiger partial charge in [-0.3, -0.25) is 0 Å². The lowest BCUT2D eigenvalue weighted by molar-refractivity contribution is 0.00578. The molecule has 0 atom stereocenters. The number of aromatic amines is 1. The molecule has 0 saturated carbocycles. The Morgan fingerprint density at radius 2 is 1.38 bits per heavy atom. The summed E-state index contributed by atoms with van der Waals surface area (Å²) in [6.45, 7) is 8.35. The van der Waals surface area contributed by atoms with Gasteiger partial charge in [0.25, 0.3) is 0 Å². The van der Waals surface area contributed by atoms with Gasteiger partial charge in [-0.15, -0.1) is 0 Å². The van der Waals surface area contributed by atoms with Crippen LogP contribution in [0.1, 0.15) is 27.7 Å². The lowest BCUT2D eigenvalue weighted by Gasteiger charge is -2.32. The van der Waals surface area contributed by atoms with E-state index in [0.29, 0.717) is 0 Å². The van der Waals surface area contributed by atoms with Crippen LogP contribution in [0.4, 0.5) is 0 Å². The second-order valence-electron chi connectivity index (χ2n) is 7.41. The SMILES string of the molecule is CC1(C)OB(c2c(-c3ccccc3)[nH]c3ccccc23)OC1(C)C. The molecule has 1 N–H and O–H groups in total. The van der Waals surface area contributed by atoms with E-state index in [-0.39, 0.29) is 18.3 Å². The largest absolute Gasteiger partial charge is 0.497 e. The first-order valence-electron chi connectivity index (χ1n) is 8.41. The van der Waals surface area contributed by atoms with E-state index in [1.165, 1.54) is 0 Å². The van der Waals surface area contributed by atoms with Crippen molar-refractivity contribution in [2.24, 2.45) is 0 Å². The van der Waals surface area contributed by atoms with Crippen molar-refractivity contribution in [3.63, 3.8) is 0 Å². The highest BCUT2D eigenvalue weighted by molar-refractivity contribution is 6.67. The molecular weight excluding hydrogens is 297 g/mol. The third-order valence-corrected chi connectivity index (χ3v) is 5.30. The Hall–Kier alpha value is -2.04. The smallest absolute Gasteiger partial charge is 0.399 e. The van der Waals surface area contributed by atoms with Crippen molar-refractivity contribution in [2.45, 2.75) is 38.9 Å². The number of aromatic nitrogens is 1. The van der Waals surface area contributed by atoms with E-state index in [1.54, 1.807) is 0 Å². The Balaban J connectivity index is 1.92. The van der Waals surface area contributed by atoms with Gasteiger partial charge in [0.1, 0.15) is 0 Å². The minimum Gasteiger partial charge on any atom is -0.399 e. The molecule has 4 rings (SSSR count). The van der Waals surface area contributed by atoms with Gasteiger partial charge < -0.3 is 14.3 Å². The molecule has 4 heteroatoms. The average Bonchev–Trinajstić information content (AvgIpc) is 3.03. The Morgan fingerprint density at radius 3 is 2.04 bits per heavy atom. The number of H-pyrrole nitrogens is 1. The second-order valence-corrected chi connectivity index (χ2v) is 7.41. The van der Waals surface area contributed by atoms with Crippen molar-refractivity contribution in [1.29, 1.82) is 0 Å². The van der Waals surface area contributed by atoms with E-state index >= 15 is 0 Å². The van der Waals surface area contributed by atoms with Crippen LogP contribution >= 0.6 is 0 Å². The van der Waals surface area contributed by atoms with Crippen molar-refractivity contribution >= 4 is 23.5 Å². The first-order valence-corrected chi connectivity index (χ1v) is 8.41. The third kappa shape index (κ3) is 2.29. The Bertz CT molecular complexity index is 867. The summed E-state index contributed by atoms with van der Waals surface area (Å²) in [5.74, 6) is 0. The Kier molecular flexibility index (Phi) is 3.38. The van der Waals surface area contributed by atoms with Gasteiger partial charge in [0.15, 0.2) is 0 Å². The number of hydrogen-bond acceptors (Lipinski definition) is 2. The molecule has 2 heterocycles. The van der Waals surface area contributed by atoms with Crippen LogP contribution in [0.2, 0.25) is 0 Å². The predicted octanol–water partition coefficient (Wildman–Crippen LogP) is 4.13. The maximum absolute atomic E-state index is 6.34. The molecule has 24 heavy (non-hydrogen) atoms. The number of hydrogen-bond donors (Lipinski definition) is 1. The zero-order chi connectivity index (χ0) is 16.9. The van der Waals surface area contributed by atoms with Crippen LogP contribution in [0.5, 0.6) is 0 Å². The molecule has 0 bridgehead atoms. The minimum absolute atomic E-state index is 0.357. The van der Waals surface area contributed by atoms with Gasteiger partial charge in [0, 0.05) is 16.7 Å². The van der Waals surface area contributed by atoms with Crippen LogP contribution in [-0.4, -0.2) is 23.3 Å². The normalized spacial score (nSPS) is 19.1. The molecule has 0 radical (unpaired) electrons. The number of rotatable bonds is 2. The van der Waals surface area contributed by atoms with Gasteiger partial charge >= 0.3 is 7.12 Å². The molecule has 122 valence electrons. The van der Waals surface area contributed by atoms with E-state index in [0.717, 1.165) is 27.6 Å². The zero-order valence-electron chi connectivity index (χ0n) is 14.6. The van der Waals surface area contributed by atoms with E-state index in [1.807, 2.05) is 12.1 Å². The van der Waals surface area contributed by atoms with Crippen molar-refractivity contribution in [2.75, 3.05) is 0 Å². The summed E-state index contributed by atoms with van der Waals surface area (Å²) in [7, 11) is -0.388. The summed E-state index contributed by atoms with van der Waals surface area (Å²) in [5, 5.41) is 1.15. The number of benzene rings is 2. The van der Waals surface area contributed by atoms with E-state index < -0.39 is 0 Å². The van der Waals surface area contributed by atoms with Crippen molar-refractivity contribution in [3.05, 3.63) is 54.6 Å². The van der Waals surface area contributed by atoms with Crippen molar-refractivity contribution in [3.8, 4) is 11.3 Å². The summed E-state index contributed by atoms with van der Waals surface area (Å²) >= 11 is 0. The molecule has 1 fully saturated rings. The standard InChI is InChI=1S/C20H22BNO2/c1-19(2)20(3,4)24-21(23-19)17-15-12-8-9-13-16(15)22-18(17)14-10-6-5-7-11-14/h5-13,22H,1-4H3. The van der Waals surface area contributed by atoms with E-state index in [4.69, 9.17) is 9.31 Å². The Labute approximate surface area is 143 Å². The fourth-order valence-electron chi connectivity index (χ4n) is 3.20. The van der Waals surface area contributed by atoms with Crippen LogP contribution < -0.4 is 5.46 Å². The lowest BCUT2D eigenvalue weighted by Crippen LogP contribution is -2.41. The number of nitrogens with one attached hydrogen (secondary N) is 1. The maximum atomic E-state index is 6.34. The zero-order valence-corrected chi connectivity index (χ0v) is 14.6. The van der Waals surface area contributed by atoms with Crippen LogP contribution in [-0.2, 0) is 9.31 Å². The van der Waals surface area contributed by atoms with Gasteiger partial charge in [-0.25, -0.2) is 0 Å². The van der Waals surface area contributed by atoms with Crippen LogP contribution in [0.25, 0.3) is 22.2 Å². The van der Waals surface area contributed by atoms with Gasteiger partial charge in [0.05, 0.1) is 11.2 Å². The molecule has 1 aliphatic rings. The first-order chi connectivity index (χ1) is 11.4. The minimum atomic E-state index is -0.388. The van der Waals surface area contributed by atoms with Crippen LogP contribution in [0.3, 0.4) is 0 Å². The second kappa shape index (κ2) is 5.23. The van der Waals surface area contributed by atoms with Gasteiger partial charge in [-0.05, 0) is 44.7 Å². The van der Waals surface area contributed by atoms with E-state index in [2.05, 4.69) is 75.1 Å². The van der Waals surface area contributed by atoms with E-state index in [9.17, 15) is 0 Å². The fraction of sp³-hybridized carbons (Fsp3) is 0.300. The predicted molar refractivity (Wildman–Crippen MR) is 99.5 cm³/mol. The molecule has 0 spiro atoms. The summed E-state index contributed by atoms with van der Waals surface area (Å²) in [6.07, 6.45) is 0. The van der Waals surface area contributed by atoms with Gasteiger partial charge in [-0.2, -0.15) is 0 Å². The monoisotopic (exact) mass is 319 g/mol. The fourth-order valence-corrected chi connectivity index (χ4v) is 3.20. The number of para-hydroxylation sites is 1. The van der Waals surface area contributed by atoms with Crippen LogP contribution in [0.15, 0.2) is 54.6 Å². The first kappa shape index (κ1) is 15.5. The molecule has 0 amide bonds. The van der Waals surface area contributed by atoms with Crippen LogP contribution in [0, 0.1) is 0 Å². The van der Waals surface area contributed by atoms with Gasteiger partial charge in [0.2, 0.25) is 0 Å². The molecule has 1 saturated heterocycles. The molecule has 3 aromatic rings. The average molecular weight is 319 g/mol. The highest BCUT2D eigenvalue weighted by Gasteiger charge is 2.53. The van der Waals surface area contributed by atoms with Gasteiger partial charge in [-0.1, -0.05) is 48.5 Å². The molecule has 1 aromatic heterocycles. The molecule has 0 unspecified atom stereocenters. The quantitative estimate of drug-likeness (QED) is 0.721. The molecule has 0 aliphatic carbocycles. The highest BCUT2D eigenvalue weighted by atomic mass is 16.7. The van der Waals surface area contributed by atoms with Crippen molar-refractivity contribution in [1.82, 2.24) is 4.98 Å². The topological polar surface area (TPSA) is 34.2 Å². The summed E-state index contributed by atoms with van der Waals surface area (Å²) in [4.78, 5) is 3.55. The summed E-state index contributed by atoms with van der Waals surface area (Å²) in [6, 6.07) is 18.7. The van der Waals surface area contributed by atoms with Crippen molar-refractivity contribution < 1.29 is 9.31 Å². The lowest BCUT2D eigenvalue weighted by atomic mass is 9.75.